The van der Waals surface area contributed by atoms with Crippen molar-refractivity contribution in [3.63, 3.8) is 0 Å². The minimum Gasteiger partial charge on any atom is -0.494 e. The third-order valence-corrected chi connectivity index (χ3v) is 5.96. The fourth-order valence-electron chi connectivity index (χ4n) is 4.22. The predicted molar refractivity (Wildman–Crippen MR) is 124 cm³/mol. The zero-order chi connectivity index (χ0) is 22.6. The van der Waals surface area contributed by atoms with Gasteiger partial charge in [0.2, 0.25) is 5.91 Å². The van der Waals surface area contributed by atoms with Crippen LogP contribution in [0, 0.1) is 0 Å². The Hall–Kier alpha value is -3.60. The van der Waals surface area contributed by atoms with E-state index in [4.69, 9.17) is 4.74 Å². The first kappa shape index (κ1) is 21.6. The Bertz CT molecular complexity index is 1110. The average Bonchev–Trinajstić information content (AvgIpc) is 2.81. The summed E-state index contributed by atoms with van der Waals surface area (Å²) in [5.74, 6) is 0.460. The molecule has 164 valence electrons. The van der Waals surface area contributed by atoms with E-state index in [1.165, 1.54) is 0 Å². The summed E-state index contributed by atoms with van der Waals surface area (Å²) < 4.78 is 5.62. The van der Waals surface area contributed by atoms with E-state index in [1.54, 1.807) is 4.90 Å². The van der Waals surface area contributed by atoms with Crippen molar-refractivity contribution in [2.75, 3.05) is 6.61 Å². The Morgan fingerprint density at radius 3 is 2.50 bits per heavy atom. The molecule has 0 fully saturated rings. The molecule has 1 aliphatic heterocycles. The van der Waals surface area contributed by atoms with Crippen molar-refractivity contribution in [2.24, 2.45) is 0 Å². The zero-order valence-corrected chi connectivity index (χ0v) is 18.5. The van der Waals surface area contributed by atoms with Crippen LogP contribution in [0.5, 0.6) is 5.75 Å². The average molecular weight is 429 g/mol. The molecule has 0 saturated carbocycles. The highest BCUT2D eigenvalue weighted by Gasteiger charge is 2.46. The topological polar surface area (TPSA) is 58.6 Å². The van der Waals surface area contributed by atoms with Crippen LogP contribution in [0.2, 0.25) is 0 Å². The number of fused-ring (bicyclic) bond motifs is 1. The Labute approximate surface area is 189 Å². The van der Waals surface area contributed by atoms with Gasteiger partial charge in [0, 0.05) is 25.1 Å². The molecular formula is C27H28N2O3. The second-order valence-corrected chi connectivity index (χ2v) is 8.25. The van der Waals surface area contributed by atoms with Gasteiger partial charge in [-0.3, -0.25) is 9.59 Å². The molecule has 1 N–H and O–H groups in total. The van der Waals surface area contributed by atoms with E-state index in [0.29, 0.717) is 31.7 Å². The van der Waals surface area contributed by atoms with Crippen molar-refractivity contribution < 1.29 is 14.3 Å². The molecular weight excluding hydrogens is 400 g/mol. The fraction of sp³-hybridized carbons (Fsp3) is 0.259. The van der Waals surface area contributed by atoms with E-state index >= 15 is 0 Å². The van der Waals surface area contributed by atoms with Gasteiger partial charge in [0.1, 0.15) is 11.3 Å². The standard InChI is InChI=1S/C27H28N2O3/c1-3-32-23-14-9-12-21(16-23)19-29-25(30)24-15-8-7-13-22(24)17-27(29,2)26(31)28-18-20-10-5-4-6-11-20/h4-16H,3,17-19H2,1-2H3,(H,28,31)/t27-/m1/s1. The van der Waals surface area contributed by atoms with Crippen LogP contribution in [-0.2, 0) is 24.3 Å². The molecule has 5 heteroatoms. The van der Waals surface area contributed by atoms with Gasteiger partial charge in [-0.2, -0.15) is 0 Å². The Balaban J connectivity index is 1.64. The summed E-state index contributed by atoms with van der Waals surface area (Å²) in [5, 5.41) is 3.05. The number of ether oxygens (including phenoxy) is 1. The van der Waals surface area contributed by atoms with Crippen LogP contribution in [0.4, 0.5) is 0 Å². The molecule has 0 bridgehead atoms. The lowest BCUT2D eigenvalue weighted by Gasteiger charge is -2.44. The molecule has 0 aliphatic carbocycles. The molecule has 3 aromatic carbocycles. The number of hydrogen-bond donors (Lipinski definition) is 1. The summed E-state index contributed by atoms with van der Waals surface area (Å²) in [6.07, 6.45) is 0.459. The highest BCUT2D eigenvalue weighted by Crippen LogP contribution is 2.33. The fourth-order valence-corrected chi connectivity index (χ4v) is 4.22. The van der Waals surface area contributed by atoms with Crippen LogP contribution in [0.1, 0.15) is 40.9 Å². The SMILES string of the molecule is CCOc1cccc(CN2C(=O)c3ccccc3C[C@]2(C)C(=O)NCc2ccccc2)c1. The number of carbonyl (C=O) groups excluding carboxylic acids is 2. The maximum absolute atomic E-state index is 13.5. The number of hydrogen-bond acceptors (Lipinski definition) is 3. The highest BCUT2D eigenvalue weighted by atomic mass is 16.5. The summed E-state index contributed by atoms with van der Waals surface area (Å²) >= 11 is 0. The molecule has 0 aromatic heterocycles. The molecule has 3 aromatic rings. The molecule has 5 nitrogen and oxygen atoms in total. The number of amides is 2. The minimum atomic E-state index is -1.01. The molecule has 0 unspecified atom stereocenters. The summed E-state index contributed by atoms with van der Waals surface area (Å²) in [5.41, 5.74) is 2.48. The van der Waals surface area contributed by atoms with Gasteiger partial charge in [0.15, 0.2) is 0 Å². The number of rotatable bonds is 7. The van der Waals surface area contributed by atoms with Gasteiger partial charge in [-0.1, -0.05) is 60.7 Å². The first-order valence-electron chi connectivity index (χ1n) is 10.9. The van der Waals surface area contributed by atoms with Crippen LogP contribution >= 0.6 is 0 Å². The molecule has 2 amide bonds. The monoisotopic (exact) mass is 428 g/mol. The van der Waals surface area contributed by atoms with Crippen LogP contribution in [0.15, 0.2) is 78.9 Å². The maximum atomic E-state index is 13.5. The second-order valence-electron chi connectivity index (χ2n) is 8.25. The predicted octanol–water partition coefficient (Wildman–Crippen LogP) is 4.36. The van der Waals surface area contributed by atoms with Crippen molar-refractivity contribution in [3.8, 4) is 5.75 Å². The summed E-state index contributed by atoms with van der Waals surface area (Å²) in [4.78, 5) is 28.7. The van der Waals surface area contributed by atoms with Crippen LogP contribution in [0.3, 0.4) is 0 Å². The Morgan fingerprint density at radius 1 is 1.00 bits per heavy atom. The van der Waals surface area contributed by atoms with Crippen LogP contribution in [0.25, 0.3) is 0 Å². The number of carbonyl (C=O) groups is 2. The minimum absolute atomic E-state index is 0.133. The molecule has 0 saturated heterocycles. The van der Waals surface area contributed by atoms with Gasteiger partial charge in [-0.25, -0.2) is 0 Å². The molecule has 1 atom stereocenters. The largest absolute Gasteiger partial charge is 0.494 e. The second kappa shape index (κ2) is 9.27. The lowest BCUT2D eigenvalue weighted by atomic mass is 9.82. The number of nitrogens with one attached hydrogen (secondary N) is 1. The van der Waals surface area contributed by atoms with Crippen LogP contribution in [-0.4, -0.2) is 28.9 Å². The molecule has 1 aliphatic rings. The van der Waals surface area contributed by atoms with Gasteiger partial charge in [0.05, 0.1) is 6.61 Å². The quantitative estimate of drug-likeness (QED) is 0.608. The van der Waals surface area contributed by atoms with Gasteiger partial charge < -0.3 is 15.0 Å². The van der Waals surface area contributed by atoms with E-state index in [2.05, 4.69) is 5.32 Å². The lowest BCUT2D eigenvalue weighted by molar-refractivity contribution is -0.132. The molecule has 1 heterocycles. The van der Waals surface area contributed by atoms with E-state index < -0.39 is 5.54 Å². The normalized spacial score (nSPS) is 17.6. The molecule has 4 rings (SSSR count). The number of benzene rings is 3. The van der Waals surface area contributed by atoms with E-state index in [9.17, 15) is 9.59 Å². The Kier molecular flexibility index (Phi) is 6.26. The summed E-state index contributed by atoms with van der Waals surface area (Å²) in [7, 11) is 0. The zero-order valence-electron chi connectivity index (χ0n) is 18.5. The first-order valence-corrected chi connectivity index (χ1v) is 10.9. The lowest BCUT2D eigenvalue weighted by Crippen LogP contribution is -2.62. The van der Waals surface area contributed by atoms with Gasteiger partial charge in [-0.15, -0.1) is 0 Å². The Morgan fingerprint density at radius 2 is 1.72 bits per heavy atom. The van der Waals surface area contributed by atoms with Crippen molar-refractivity contribution >= 4 is 11.8 Å². The van der Waals surface area contributed by atoms with Crippen molar-refractivity contribution in [1.82, 2.24) is 10.2 Å². The van der Waals surface area contributed by atoms with Gasteiger partial charge in [0.25, 0.3) is 5.91 Å². The third-order valence-electron chi connectivity index (χ3n) is 5.96. The maximum Gasteiger partial charge on any atom is 0.255 e. The van der Waals surface area contributed by atoms with Crippen LogP contribution < -0.4 is 10.1 Å². The highest BCUT2D eigenvalue weighted by molar-refractivity contribution is 6.02. The summed E-state index contributed by atoms with van der Waals surface area (Å²) in [6.45, 7) is 5.10. The summed E-state index contributed by atoms with van der Waals surface area (Å²) in [6, 6.07) is 25.0. The molecule has 0 spiro atoms. The number of nitrogens with zero attached hydrogens (tertiary/aromatic N) is 1. The van der Waals surface area contributed by atoms with E-state index in [-0.39, 0.29) is 11.8 Å². The van der Waals surface area contributed by atoms with Gasteiger partial charge >= 0.3 is 0 Å². The third kappa shape index (κ3) is 4.37. The van der Waals surface area contributed by atoms with Crippen molar-refractivity contribution in [1.29, 1.82) is 0 Å². The molecule has 32 heavy (non-hydrogen) atoms. The van der Waals surface area contributed by atoms with Crippen molar-refractivity contribution in [3.05, 3.63) is 101 Å². The van der Waals surface area contributed by atoms with E-state index in [1.807, 2.05) is 92.7 Å². The first-order chi connectivity index (χ1) is 15.5. The molecule has 0 radical (unpaired) electrons. The van der Waals surface area contributed by atoms with Gasteiger partial charge in [-0.05, 0) is 48.7 Å². The van der Waals surface area contributed by atoms with E-state index in [0.717, 1.165) is 22.4 Å². The smallest absolute Gasteiger partial charge is 0.255 e. The van der Waals surface area contributed by atoms with Crippen molar-refractivity contribution in [2.45, 2.75) is 38.9 Å².